The molecule has 12 nitrogen and oxygen atoms in total. The predicted molar refractivity (Wildman–Crippen MR) is 321 cm³/mol. The van der Waals surface area contributed by atoms with E-state index in [0.717, 1.165) is 59.8 Å². The van der Waals surface area contributed by atoms with Gasteiger partial charge in [0.05, 0.1) is 0 Å². The Morgan fingerprint density at radius 2 is 0.761 bits per heavy atom. The Hall–Kier alpha value is -6.66. The van der Waals surface area contributed by atoms with Gasteiger partial charge in [0.2, 0.25) is 26.7 Å². The third-order valence-corrected chi connectivity index (χ3v) is 16.4. The van der Waals surface area contributed by atoms with Crippen molar-refractivity contribution in [3.05, 3.63) is 116 Å². The molecular formula is C56H60F39IN10O2Sn. The standard InChI is InChI=1S/C17H24N5O.C16H22IN5O.C9H4F6.C5H4F3.6CF4.3CH2F2.Sn/c1-4-21(5-2)12-11-18-16(23)13-22-17(14(3)19-20-22)15-9-7-6-8-10-15;1-3-21(4-2)11-10-18-14(23)12-22-15(16(17)19-20-22)13-8-6-5-7-9-13;10-4-2-9(15,8(4)14)1-3-5(11)7(13)6(3)12;1-5(8)2-3(6)4(5)7;6*2-1(3,4)5;3*2-1-3;/h6-10H,3-5,11-13H2,1-2H3,(H,18,23);5-9H,3-4,10-12H2,1-2H3,(H,18,23);1-2H2;1-2H2;;;;;;;3*1H2;/i;17-2;;;;;;;;;;;;. The second kappa shape index (κ2) is 54.9. The SMILES string of the molecule is CCN(CC)CCNC(=O)Cn1nnc([125I])c1-c1ccccc1.CCN(CC)CCNC(=O)Cn1nnc([CH2][Sn][CH2]C2(F)CC(F)=C2F)c1-c1ccccc1.FC(F)(F)F.FC(F)(F)F.FC(F)(F)F.FC(F)(F)F.FC(F)(F)F.FC(F)(F)F.FC1=C(F)C(F)(CC2=C(F)C(F)=C2F)C1.FCF.FCF.FCF. The summed E-state index contributed by atoms with van der Waals surface area (Å²) < 4.78 is 411. The third-order valence-electron chi connectivity index (χ3n) is 11.7. The summed E-state index contributed by atoms with van der Waals surface area (Å²) in [6, 6.07) is 19.4. The van der Waals surface area contributed by atoms with Crippen LogP contribution in [0.5, 0.6) is 0 Å². The summed E-state index contributed by atoms with van der Waals surface area (Å²) in [6.07, 6.45) is -35.4. The van der Waals surface area contributed by atoms with Crippen LogP contribution in [0.4, 0.5) is 171 Å². The summed E-state index contributed by atoms with van der Waals surface area (Å²) in [5.74, 6) is -10.1. The van der Waals surface area contributed by atoms with Gasteiger partial charge < -0.3 is 10.2 Å². The summed E-state index contributed by atoms with van der Waals surface area (Å²) in [6.45, 7) is 10.0. The normalized spacial score (nSPS) is 15.7. The minimum absolute atomic E-state index is 0.0240. The zero-order chi connectivity index (χ0) is 86.3. The van der Waals surface area contributed by atoms with Crippen molar-refractivity contribution in [3.8, 4) is 22.5 Å². The molecule has 2 atom stereocenters. The topological polar surface area (TPSA) is 126 Å². The smallest absolute Gasteiger partial charge is 0.235 e. The molecule has 0 aliphatic heterocycles. The minimum atomic E-state index is -5.50. The molecule has 7 rings (SSSR count). The fraction of sp³-hybridized carbons (Fsp3) is 0.536. The van der Waals surface area contributed by atoms with Crippen LogP contribution in [0.1, 0.15) is 52.7 Å². The number of hydrogen-bond acceptors (Lipinski definition) is 8. The minimum Gasteiger partial charge on any atom is -0.235 e. The summed E-state index contributed by atoms with van der Waals surface area (Å²) in [5.41, 5.74) is -1.58. The van der Waals surface area contributed by atoms with Gasteiger partial charge in [0.25, 0.3) is 0 Å². The summed E-state index contributed by atoms with van der Waals surface area (Å²) in [7, 11) is 0. The van der Waals surface area contributed by atoms with Crippen LogP contribution in [0.25, 0.3) is 22.5 Å². The molecule has 0 saturated carbocycles. The number of benzene rings is 2. The molecule has 2 unspecified atom stereocenters. The Labute approximate surface area is 615 Å². The number of nitrogens with zero attached hydrogens (tertiary/aromatic N) is 8. The molecule has 2 radical (unpaired) electrons. The molecule has 4 aromatic rings. The first-order valence-corrected chi connectivity index (χ1v) is 33.9. The number of rotatable bonds is 22. The molecule has 3 aliphatic carbocycles. The van der Waals surface area contributed by atoms with E-state index >= 15 is 0 Å². The molecule has 2 amide bonds. The number of hydrogen-bond donors (Lipinski definition) is 2. The zero-order valence-electron chi connectivity index (χ0n) is 55.5. The van der Waals surface area contributed by atoms with Gasteiger partial charge in [-0.1, -0.05) is 49.4 Å². The van der Waals surface area contributed by atoms with Gasteiger partial charge in [0.15, 0.2) is 32.7 Å². The largest absolute Gasteiger partial charge is 0.559 e. The van der Waals surface area contributed by atoms with Gasteiger partial charge in [-0.3, -0.25) is 4.79 Å². The number of allylic oxidation sites excluding steroid dienone is 8. The Morgan fingerprint density at radius 1 is 0.468 bits per heavy atom. The number of carbonyl (C=O) groups is 2. The van der Waals surface area contributed by atoms with Crippen LogP contribution in [-0.4, -0.2) is 196 Å². The Morgan fingerprint density at radius 3 is 1.06 bits per heavy atom. The van der Waals surface area contributed by atoms with Crippen molar-refractivity contribution < 1.29 is 181 Å². The van der Waals surface area contributed by atoms with E-state index in [-0.39, 0.29) is 29.3 Å². The zero-order valence-corrected chi connectivity index (χ0v) is 60.5. The van der Waals surface area contributed by atoms with Crippen LogP contribution in [0.2, 0.25) is 4.44 Å². The number of aromatic nitrogens is 6. The van der Waals surface area contributed by atoms with E-state index in [1.54, 1.807) is 9.36 Å². The fourth-order valence-corrected chi connectivity index (χ4v) is 11.8. The van der Waals surface area contributed by atoms with Gasteiger partial charge in [-0.05, 0) is 35.7 Å². The Kier molecular flexibility index (Phi) is 55.9. The van der Waals surface area contributed by atoms with E-state index in [1.165, 1.54) is 0 Å². The molecule has 3 aliphatic rings. The van der Waals surface area contributed by atoms with Gasteiger partial charge in [0.1, 0.15) is 18.1 Å². The maximum atomic E-state index is 14.4. The molecule has 2 heterocycles. The van der Waals surface area contributed by atoms with Gasteiger partial charge in [-0.25, -0.2) is 57.4 Å². The van der Waals surface area contributed by atoms with E-state index in [2.05, 4.69) is 91.3 Å². The van der Waals surface area contributed by atoms with Crippen LogP contribution in [0, 0.1) is 3.70 Å². The molecule has 53 heteroatoms. The average molecular weight is 1890 g/mol. The molecule has 2 aromatic heterocycles. The van der Waals surface area contributed by atoms with Crippen molar-refractivity contribution in [2.45, 2.75) is 119 Å². The summed E-state index contributed by atoms with van der Waals surface area (Å²) in [4.78, 5) is 29.1. The van der Waals surface area contributed by atoms with Crippen molar-refractivity contribution in [2.24, 2.45) is 0 Å². The van der Waals surface area contributed by atoms with Gasteiger partial charge in [-0.2, -0.15) is 0 Å². The molecule has 109 heavy (non-hydrogen) atoms. The van der Waals surface area contributed by atoms with Crippen molar-refractivity contribution in [1.29, 1.82) is 0 Å². The fourth-order valence-electron chi connectivity index (χ4n) is 7.49. The molecule has 630 valence electrons. The molecule has 2 N–H and O–H groups in total. The van der Waals surface area contributed by atoms with E-state index < -0.39 is 157 Å². The number of halogens is 40. The molecule has 2 aromatic carbocycles. The number of alkyl halides is 32. The first-order chi connectivity index (χ1) is 49.6. The van der Waals surface area contributed by atoms with Crippen molar-refractivity contribution in [1.82, 2.24) is 50.4 Å². The van der Waals surface area contributed by atoms with E-state index in [0.29, 0.717) is 28.9 Å². The van der Waals surface area contributed by atoms with Crippen molar-refractivity contribution in [3.63, 3.8) is 0 Å². The average Bonchev–Trinajstić information content (AvgIpc) is 1.53. The number of amides is 2. The number of nitrogens with one attached hydrogen (secondary N) is 2. The van der Waals surface area contributed by atoms with E-state index in [9.17, 15) is 181 Å². The monoisotopic (exact) mass is 1890 g/mol. The van der Waals surface area contributed by atoms with E-state index in [1.807, 2.05) is 60.7 Å². The number of likely N-dealkylation sites (N-methyl/N-ethyl adjacent to an activating group) is 2. The summed E-state index contributed by atoms with van der Waals surface area (Å²) in [5, 5.41) is 22.5. The van der Waals surface area contributed by atoms with E-state index in [4.69, 9.17) is 0 Å². The summed E-state index contributed by atoms with van der Waals surface area (Å²) >= 11 is 0.723. The molecule has 0 spiro atoms. The molecular weight excluding hydrogens is 1830 g/mol. The first-order valence-electron chi connectivity index (χ1n) is 28.8. The third kappa shape index (κ3) is 59.8. The van der Waals surface area contributed by atoms with Crippen LogP contribution in [0.15, 0.2) is 107 Å². The predicted octanol–water partition coefficient (Wildman–Crippen LogP) is 20.8. The number of carbonyl (C=O) groups excluding carboxylic acids is 2. The second-order valence-corrected chi connectivity index (χ2v) is 23.7. The van der Waals surface area contributed by atoms with Gasteiger partial charge >= 0.3 is 235 Å². The van der Waals surface area contributed by atoms with Crippen LogP contribution >= 0.6 is 22.6 Å². The molecule has 0 bridgehead atoms. The maximum absolute atomic E-state index is 14.4. The Bertz CT molecular complexity index is 3130. The first kappa shape index (κ1) is 111. The molecule has 0 saturated heterocycles. The quantitative estimate of drug-likeness (QED) is 0.0453. The molecule has 0 fully saturated rings. The Balaban J connectivity index is -0.000000408. The maximum Gasteiger partial charge on any atom is 0.559 e. The van der Waals surface area contributed by atoms with Gasteiger partial charge in [-0.15, -0.1) is 110 Å². The van der Waals surface area contributed by atoms with Crippen LogP contribution in [-0.2, 0) is 27.1 Å². The van der Waals surface area contributed by atoms with Gasteiger partial charge in [0, 0.05) is 37.1 Å². The van der Waals surface area contributed by atoms with Crippen LogP contribution in [0.3, 0.4) is 0 Å². The van der Waals surface area contributed by atoms with Crippen molar-refractivity contribution >= 4 is 55.5 Å². The van der Waals surface area contributed by atoms with Crippen molar-refractivity contribution in [2.75, 3.05) is 73.1 Å². The second-order valence-electron chi connectivity index (χ2n) is 19.2. The van der Waals surface area contributed by atoms with Crippen LogP contribution < -0.4 is 10.6 Å².